The van der Waals surface area contributed by atoms with E-state index < -0.39 is 0 Å². The molecule has 1 fully saturated rings. The monoisotopic (exact) mass is 239 g/mol. The third kappa shape index (κ3) is 4.01. The third-order valence-electron chi connectivity index (χ3n) is 4.27. The molecule has 0 aliphatic carbocycles. The van der Waals surface area contributed by atoms with Crippen LogP contribution in [-0.2, 0) is 4.79 Å². The van der Waals surface area contributed by atoms with Crippen molar-refractivity contribution >= 4 is 5.91 Å². The predicted molar refractivity (Wildman–Crippen MR) is 73.0 cm³/mol. The fourth-order valence-corrected chi connectivity index (χ4v) is 2.68. The van der Waals surface area contributed by atoms with Crippen LogP contribution in [0, 0.1) is 5.41 Å². The quantitative estimate of drug-likeness (QED) is 0.615. The SMILES string of the molecule is CCCCCCC(C)(CC)C(=O)N1CCCC1. The Morgan fingerprint density at radius 3 is 2.29 bits per heavy atom. The van der Waals surface area contributed by atoms with E-state index in [0.717, 1.165) is 25.9 Å². The van der Waals surface area contributed by atoms with Gasteiger partial charge in [0.1, 0.15) is 0 Å². The Labute approximate surface area is 107 Å². The van der Waals surface area contributed by atoms with Crippen LogP contribution in [0.4, 0.5) is 0 Å². The number of amides is 1. The van der Waals surface area contributed by atoms with Crippen LogP contribution < -0.4 is 0 Å². The summed E-state index contributed by atoms with van der Waals surface area (Å²) in [6, 6.07) is 0. The van der Waals surface area contributed by atoms with Crippen molar-refractivity contribution in [2.75, 3.05) is 13.1 Å². The van der Waals surface area contributed by atoms with E-state index in [1.54, 1.807) is 0 Å². The minimum absolute atomic E-state index is 0.0991. The van der Waals surface area contributed by atoms with E-state index in [-0.39, 0.29) is 5.41 Å². The number of unbranched alkanes of at least 4 members (excludes halogenated alkanes) is 3. The Kier molecular flexibility index (Phi) is 6.01. The maximum atomic E-state index is 12.5. The van der Waals surface area contributed by atoms with E-state index in [1.807, 2.05) is 0 Å². The van der Waals surface area contributed by atoms with Gasteiger partial charge >= 0.3 is 0 Å². The van der Waals surface area contributed by atoms with Crippen LogP contribution in [0.1, 0.15) is 72.1 Å². The van der Waals surface area contributed by atoms with Crippen molar-refractivity contribution in [3.05, 3.63) is 0 Å². The Morgan fingerprint density at radius 1 is 1.12 bits per heavy atom. The topological polar surface area (TPSA) is 20.3 Å². The van der Waals surface area contributed by atoms with Crippen LogP contribution in [0.25, 0.3) is 0 Å². The molecule has 0 saturated carbocycles. The molecule has 2 nitrogen and oxygen atoms in total. The van der Waals surface area contributed by atoms with Crippen molar-refractivity contribution in [2.24, 2.45) is 5.41 Å². The van der Waals surface area contributed by atoms with E-state index in [4.69, 9.17) is 0 Å². The van der Waals surface area contributed by atoms with Crippen LogP contribution in [0.2, 0.25) is 0 Å². The highest BCUT2D eigenvalue weighted by molar-refractivity contribution is 5.82. The Morgan fingerprint density at radius 2 is 1.76 bits per heavy atom. The summed E-state index contributed by atoms with van der Waals surface area (Å²) in [7, 11) is 0. The largest absolute Gasteiger partial charge is 0.342 e. The van der Waals surface area contributed by atoms with Crippen LogP contribution in [0.3, 0.4) is 0 Å². The van der Waals surface area contributed by atoms with Crippen molar-refractivity contribution in [2.45, 2.75) is 72.1 Å². The smallest absolute Gasteiger partial charge is 0.228 e. The van der Waals surface area contributed by atoms with Gasteiger partial charge in [0.15, 0.2) is 0 Å². The minimum atomic E-state index is -0.0991. The molecule has 1 rings (SSSR count). The summed E-state index contributed by atoms with van der Waals surface area (Å²) in [6.45, 7) is 8.54. The van der Waals surface area contributed by atoms with Gasteiger partial charge in [-0.05, 0) is 25.7 Å². The molecule has 1 amide bonds. The molecule has 100 valence electrons. The lowest BCUT2D eigenvalue weighted by molar-refractivity contribution is -0.140. The first kappa shape index (κ1) is 14.5. The average Bonchev–Trinajstić information content (AvgIpc) is 2.87. The van der Waals surface area contributed by atoms with E-state index >= 15 is 0 Å². The van der Waals surface area contributed by atoms with Gasteiger partial charge in [0.2, 0.25) is 5.91 Å². The second kappa shape index (κ2) is 7.03. The van der Waals surface area contributed by atoms with Gasteiger partial charge in [0, 0.05) is 18.5 Å². The van der Waals surface area contributed by atoms with Crippen LogP contribution in [0.15, 0.2) is 0 Å². The van der Waals surface area contributed by atoms with Gasteiger partial charge in [0.25, 0.3) is 0 Å². The lowest BCUT2D eigenvalue weighted by Gasteiger charge is -2.31. The first-order chi connectivity index (χ1) is 8.14. The van der Waals surface area contributed by atoms with Gasteiger partial charge in [-0.25, -0.2) is 0 Å². The Hall–Kier alpha value is -0.530. The molecule has 0 aromatic rings. The third-order valence-corrected chi connectivity index (χ3v) is 4.27. The normalized spacial score (nSPS) is 19.4. The predicted octanol–water partition coefficient (Wildman–Crippen LogP) is 4.00. The van der Waals surface area contributed by atoms with Crippen molar-refractivity contribution in [1.29, 1.82) is 0 Å². The summed E-state index contributed by atoms with van der Waals surface area (Å²) in [5.41, 5.74) is -0.0991. The summed E-state index contributed by atoms with van der Waals surface area (Å²) in [5, 5.41) is 0. The van der Waals surface area contributed by atoms with E-state index in [0.29, 0.717) is 5.91 Å². The molecule has 0 spiro atoms. The zero-order valence-corrected chi connectivity index (χ0v) is 11.9. The second-order valence-electron chi connectivity index (χ2n) is 5.72. The van der Waals surface area contributed by atoms with Gasteiger partial charge in [-0.3, -0.25) is 4.79 Å². The average molecular weight is 239 g/mol. The van der Waals surface area contributed by atoms with Crippen molar-refractivity contribution in [3.63, 3.8) is 0 Å². The molecule has 2 heteroatoms. The standard InChI is InChI=1S/C15H29NO/c1-4-6-7-8-11-15(3,5-2)14(17)16-12-9-10-13-16/h4-13H2,1-3H3. The lowest BCUT2D eigenvalue weighted by atomic mass is 9.80. The molecule has 0 bridgehead atoms. The van der Waals surface area contributed by atoms with Crippen molar-refractivity contribution in [3.8, 4) is 0 Å². The molecule has 1 heterocycles. The zero-order chi connectivity index (χ0) is 12.7. The molecule has 0 radical (unpaired) electrons. The molecule has 1 saturated heterocycles. The number of hydrogen-bond donors (Lipinski definition) is 0. The van der Waals surface area contributed by atoms with Crippen LogP contribution >= 0.6 is 0 Å². The number of likely N-dealkylation sites (tertiary alicyclic amines) is 1. The first-order valence-corrected chi connectivity index (χ1v) is 7.43. The number of nitrogens with zero attached hydrogens (tertiary/aromatic N) is 1. The Bertz CT molecular complexity index is 233. The van der Waals surface area contributed by atoms with Crippen molar-refractivity contribution in [1.82, 2.24) is 4.90 Å². The lowest BCUT2D eigenvalue weighted by Crippen LogP contribution is -2.40. The van der Waals surface area contributed by atoms with Gasteiger partial charge in [-0.2, -0.15) is 0 Å². The fourth-order valence-electron chi connectivity index (χ4n) is 2.68. The number of carbonyl (C=O) groups excluding carboxylic acids is 1. The highest BCUT2D eigenvalue weighted by atomic mass is 16.2. The summed E-state index contributed by atoms with van der Waals surface area (Å²) >= 11 is 0. The molecular formula is C15H29NO. The van der Waals surface area contributed by atoms with Crippen LogP contribution in [0.5, 0.6) is 0 Å². The molecule has 0 N–H and O–H groups in total. The molecular weight excluding hydrogens is 210 g/mol. The highest BCUT2D eigenvalue weighted by Gasteiger charge is 2.35. The maximum absolute atomic E-state index is 12.5. The maximum Gasteiger partial charge on any atom is 0.228 e. The zero-order valence-electron chi connectivity index (χ0n) is 11.9. The number of hydrogen-bond acceptors (Lipinski definition) is 1. The van der Waals surface area contributed by atoms with Gasteiger partial charge < -0.3 is 4.90 Å². The summed E-state index contributed by atoms with van der Waals surface area (Å²) in [6.07, 6.45) is 9.49. The number of rotatable bonds is 7. The summed E-state index contributed by atoms with van der Waals surface area (Å²) < 4.78 is 0. The van der Waals surface area contributed by atoms with E-state index in [2.05, 4.69) is 25.7 Å². The minimum Gasteiger partial charge on any atom is -0.342 e. The van der Waals surface area contributed by atoms with Gasteiger partial charge in [-0.1, -0.05) is 46.5 Å². The molecule has 17 heavy (non-hydrogen) atoms. The number of carbonyl (C=O) groups is 1. The van der Waals surface area contributed by atoms with Gasteiger partial charge in [0.05, 0.1) is 0 Å². The van der Waals surface area contributed by atoms with Crippen molar-refractivity contribution < 1.29 is 4.79 Å². The molecule has 0 aromatic heterocycles. The molecule has 0 aromatic carbocycles. The fraction of sp³-hybridized carbons (Fsp3) is 0.933. The summed E-state index contributed by atoms with van der Waals surface area (Å²) in [4.78, 5) is 14.6. The molecule has 1 aliphatic rings. The van der Waals surface area contributed by atoms with Gasteiger partial charge in [-0.15, -0.1) is 0 Å². The molecule has 1 unspecified atom stereocenters. The molecule has 1 aliphatic heterocycles. The van der Waals surface area contributed by atoms with E-state index in [1.165, 1.54) is 38.5 Å². The Balaban J connectivity index is 2.44. The van der Waals surface area contributed by atoms with Crippen LogP contribution in [-0.4, -0.2) is 23.9 Å². The highest BCUT2D eigenvalue weighted by Crippen LogP contribution is 2.32. The molecule has 1 atom stereocenters. The second-order valence-corrected chi connectivity index (χ2v) is 5.72. The summed E-state index contributed by atoms with van der Waals surface area (Å²) in [5.74, 6) is 0.411. The van der Waals surface area contributed by atoms with E-state index in [9.17, 15) is 4.79 Å². The first-order valence-electron chi connectivity index (χ1n) is 7.43.